The molecule has 0 rings (SSSR count). The van der Waals surface area contributed by atoms with Gasteiger partial charge in [0.05, 0.1) is 0 Å². The van der Waals surface area contributed by atoms with Crippen molar-refractivity contribution in [1.29, 1.82) is 0 Å². The molecule has 0 aliphatic carbocycles. The summed E-state index contributed by atoms with van der Waals surface area (Å²) in [5.41, 5.74) is 0. The van der Waals surface area contributed by atoms with Crippen molar-refractivity contribution in [2.75, 3.05) is 18.6 Å². The second-order valence-electron chi connectivity index (χ2n) is 2.26. The van der Waals surface area contributed by atoms with Crippen molar-refractivity contribution >= 4 is 11.8 Å². The number of terminal acetylenes is 1. The van der Waals surface area contributed by atoms with Gasteiger partial charge in [-0.2, -0.15) is 11.8 Å². The van der Waals surface area contributed by atoms with Gasteiger partial charge in [-0.15, -0.1) is 12.3 Å². The Bertz CT molecular complexity index is 106. The third-order valence-corrected chi connectivity index (χ3v) is 2.01. The fourth-order valence-electron chi connectivity index (χ4n) is 0.700. The van der Waals surface area contributed by atoms with Crippen LogP contribution in [0.5, 0.6) is 0 Å². The van der Waals surface area contributed by atoms with Crippen molar-refractivity contribution in [3.63, 3.8) is 0 Å². The Morgan fingerprint density at radius 2 is 2.40 bits per heavy atom. The first kappa shape index (κ1) is 9.87. The predicted octanol–water partition coefficient (Wildman–Crippen LogP) is 1.35. The van der Waals surface area contributed by atoms with Crippen molar-refractivity contribution < 1.29 is 0 Å². The van der Waals surface area contributed by atoms with Crippen molar-refractivity contribution in [1.82, 2.24) is 5.32 Å². The molecule has 0 aliphatic heterocycles. The maximum atomic E-state index is 5.09. The highest BCUT2D eigenvalue weighted by Crippen LogP contribution is 1.95. The lowest BCUT2D eigenvalue weighted by molar-refractivity contribution is 0.605. The molecule has 0 aromatic rings. The van der Waals surface area contributed by atoms with E-state index in [1.807, 2.05) is 11.8 Å². The van der Waals surface area contributed by atoms with Crippen LogP contribution < -0.4 is 5.32 Å². The molecular formula is C8H15NS. The molecule has 10 heavy (non-hydrogen) atoms. The Kier molecular flexibility index (Phi) is 6.89. The molecule has 1 N–H and O–H groups in total. The highest BCUT2D eigenvalue weighted by Gasteiger charge is 1.96. The summed E-state index contributed by atoms with van der Waals surface area (Å²) in [5.74, 6) is 3.75. The van der Waals surface area contributed by atoms with Crippen molar-refractivity contribution in [3.05, 3.63) is 0 Å². The Balaban J connectivity index is 3.06. The first-order valence-corrected chi connectivity index (χ1v) is 4.86. The highest BCUT2D eigenvalue weighted by molar-refractivity contribution is 7.98. The van der Waals surface area contributed by atoms with Crippen LogP contribution in [0.3, 0.4) is 0 Å². The average Bonchev–Trinajstić information content (AvgIpc) is 1.89. The number of rotatable bonds is 5. The van der Waals surface area contributed by atoms with Gasteiger partial charge in [0.2, 0.25) is 0 Å². The van der Waals surface area contributed by atoms with Crippen LogP contribution in [-0.4, -0.2) is 24.6 Å². The van der Waals surface area contributed by atoms with Gasteiger partial charge in [0.25, 0.3) is 0 Å². The van der Waals surface area contributed by atoms with Crippen LogP contribution in [0.15, 0.2) is 0 Å². The van der Waals surface area contributed by atoms with E-state index in [4.69, 9.17) is 6.42 Å². The summed E-state index contributed by atoms with van der Waals surface area (Å²) in [7, 11) is 0. The molecule has 0 aromatic heterocycles. The normalized spacial score (nSPS) is 12.5. The molecule has 0 bridgehead atoms. The van der Waals surface area contributed by atoms with Crippen LogP contribution >= 0.6 is 11.8 Å². The van der Waals surface area contributed by atoms with E-state index in [1.165, 1.54) is 0 Å². The molecule has 0 aromatic carbocycles. The van der Waals surface area contributed by atoms with Gasteiger partial charge in [0.15, 0.2) is 0 Å². The van der Waals surface area contributed by atoms with Gasteiger partial charge >= 0.3 is 0 Å². The Morgan fingerprint density at radius 3 is 2.90 bits per heavy atom. The third kappa shape index (κ3) is 6.00. The van der Waals surface area contributed by atoms with E-state index in [1.54, 1.807) is 0 Å². The first-order chi connectivity index (χ1) is 4.81. The standard InChI is InChI=1S/C8H15NS/c1-4-5-6-9-8(2)7-10-3/h1,8-9H,5-7H2,2-3H3. The summed E-state index contributed by atoms with van der Waals surface area (Å²) in [6, 6.07) is 0.586. The largest absolute Gasteiger partial charge is 0.312 e. The molecule has 1 unspecified atom stereocenters. The quantitative estimate of drug-likeness (QED) is 0.477. The minimum atomic E-state index is 0.586. The van der Waals surface area contributed by atoms with Crippen LogP contribution in [0.25, 0.3) is 0 Å². The van der Waals surface area contributed by atoms with Gasteiger partial charge in [-0.1, -0.05) is 0 Å². The molecule has 0 saturated carbocycles. The third-order valence-electron chi connectivity index (χ3n) is 1.18. The van der Waals surface area contributed by atoms with Crippen molar-refractivity contribution in [2.24, 2.45) is 0 Å². The van der Waals surface area contributed by atoms with Gasteiger partial charge in [0, 0.05) is 24.8 Å². The molecule has 0 amide bonds. The van der Waals surface area contributed by atoms with E-state index in [0.29, 0.717) is 6.04 Å². The minimum Gasteiger partial charge on any atom is -0.312 e. The molecule has 0 radical (unpaired) electrons. The maximum absolute atomic E-state index is 5.09. The van der Waals surface area contributed by atoms with E-state index in [2.05, 4.69) is 24.4 Å². The van der Waals surface area contributed by atoms with Crippen LogP contribution in [-0.2, 0) is 0 Å². The second-order valence-corrected chi connectivity index (χ2v) is 3.18. The molecular weight excluding hydrogens is 142 g/mol. The minimum absolute atomic E-state index is 0.586. The maximum Gasteiger partial charge on any atom is 0.0212 e. The zero-order valence-electron chi connectivity index (χ0n) is 6.68. The average molecular weight is 157 g/mol. The fraction of sp³-hybridized carbons (Fsp3) is 0.750. The van der Waals surface area contributed by atoms with Gasteiger partial charge in [-0.3, -0.25) is 0 Å². The van der Waals surface area contributed by atoms with E-state index in [-0.39, 0.29) is 0 Å². The number of hydrogen-bond acceptors (Lipinski definition) is 2. The van der Waals surface area contributed by atoms with E-state index >= 15 is 0 Å². The molecule has 0 saturated heterocycles. The lowest BCUT2D eigenvalue weighted by atomic mass is 10.3. The highest BCUT2D eigenvalue weighted by atomic mass is 32.2. The number of thioether (sulfide) groups is 1. The van der Waals surface area contributed by atoms with Crippen LogP contribution in [0.4, 0.5) is 0 Å². The summed E-state index contributed by atoms with van der Waals surface area (Å²) in [6.07, 6.45) is 8.04. The van der Waals surface area contributed by atoms with Crippen molar-refractivity contribution in [3.8, 4) is 12.3 Å². The predicted molar refractivity (Wildman–Crippen MR) is 49.3 cm³/mol. The van der Waals surface area contributed by atoms with Gasteiger partial charge in [0.1, 0.15) is 0 Å². The van der Waals surface area contributed by atoms with Crippen LogP contribution in [0.2, 0.25) is 0 Å². The summed E-state index contributed by atoms with van der Waals surface area (Å²) in [5, 5.41) is 3.32. The molecule has 0 heterocycles. The lowest BCUT2D eigenvalue weighted by Crippen LogP contribution is -2.28. The van der Waals surface area contributed by atoms with E-state index in [9.17, 15) is 0 Å². The molecule has 1 nitrogen and oxygen atoms in total. The second kappa shape index (κ2) is 6.98. The van der Waals surface area contributed by atoms with Crippen molar-refractivity contribution in [2.45, 2.75) is 19.4 Å². The Morgan fingerprint density at radius 1 is 1.70 bits per heavy atom. The molecule has 58 valence electrons. The van der Waals surface area contributed by atoms with Gasteiger partial charge in [-0.05, 0) is 13.2 Å². The summed E-state index contributed by atoms with van der Waals surface area (Å²) < 4.78 is 0. The van der Waals surface area contributed by atoms with Gasteiger partial charge < -0.3 is 5.32 Å². The molecule has 0 aliphatic rings. The van der Waals surface area contributed by atoms with E-state index in [0.717, 1.165) is 18.7 Å². The zero-order chi connectivity index (χ0) is 7.82. The SMILES string of the molecule is C#CCCNC(C)CSC. The lowest BCUT2D eigenvalue weighted by Gasteiger charge is -2.09. The summed E-state index contributed by atoms with van der Waals surface area (Å²) in [6.45, 7) is 3.12. The molecule has 2 heteroatoms. The van der Waals surface area contributed by atoms with Gasteiger partial charge in [-0.25, -0.2) is 0 Å². The van der Waals surface area contributed by atoms with Crippen LogP contribution in [0.1, 0.15) is 13.3 Å². The summed E-state index contributed by atoms with van der Waals surface area (Å²) in [4.78, 5) is 0. The number of hydrogen-bond donors (Lipinski definition) is 1. The van der Waals surface area contributed by atoms with E-state index < -0.39 is 0 Å². The monoisotopic (exact) mass is 157 g/mol. The summed E-state index contributed by atoms with van der Waals surface area (Å²) >= 11 is 1.85. The Hall–Kier alpha value is -0.130. The number of nitrogens with one attached hydrogen (secondary N) is 1. The first-order valence-electron chi connectivity index (χ1n) is 3.47. The van der Waals surface area contributed by atoms with Crippen LogP contribution in [0, 0.1) is 12.3 Å². The molecule has 0 fully saturated rings. The molecule has 0 spiro atoms. The zero-order valence-corrected chi connectivity index (χ0v) is 7.50. The smallest absolute Gasteiger partial charge is 0.0212 e. The topological polar surface area (TPSA) is 12.0 Å². The molecule has 1 atom stereocenters. The fourth-order valence-corrected chi connectivity index (χ4v) is 1.32. The Labute approximate surface area is 68.0 Å².